The van der Waals surface area contributed by atoms with E-state index in [9.17, 15) is 9.59 Å². The van der Waals surface area contributed by atoms with Crippen molar-refractivity contribution in [1.29, 1.82) is 0 Å². The second-order valence-electron chi connectivity index (χ2n) is 5.66. The van der Waals surface area contributed by atoms with Crippen molar-refractivity contribution in [2.75, 3.05) is 13.1 Å². The third kappa shape index (κ3) is 3.94. The molecule has 2 amide bonds. The average Bonchev–Trinajstić information content (AvgIpc) is 2.60. The Bertz CT molecular complexity index is 533. The lowest BCUT2D eigenvalue weighted by Crippen LogP contribution is -2.47. The van der Waals surface area contributed by atoms with Crippen LogP contribution in [0.3, 0.4) is 0 Å². The molecule has 0 aromatic carbocycles. The minimum absolute atomic E-state index is 0.0743. The number of nitrogens with zero attached hydrogens (tertiary/aromatic N) is 2. The van der Waals surface area contributed by atoms with Crippen molar-refractivity contribution in [2.24, 2.45) is 5.92 Å². The largest absolute Gasteiger partial charge is 0.354 e. The number of pyridine rings is 1. The first-order valence-corrected chi connectivity index (χ1v) is 7.57. The van der Waals surface area contributed by atoms with Gasteiger partial charge >= 0.3 is 0 Å². The van der Waals surface area contributed by atoms with E-state index in [-0.39, 0.29) is 17.0 Å². The second kappa shape index (κ2) is 6.89. The summed E-state index contributed by atoms with van der Waals surface area (Å²) >= 11 is 5.85. The first-order chi connectivity index (χ1) is 9.99. The molecule has 2 rings (SSSR count). The Labute approximate surface area is 129 Å². The maximum atomic E-state index is 12.7. The minimum Gasteiger partial charge on any atom is -0.354 e. The summed E-state index contributed by atoms with van der Waals surface area (Å²) in [6.07, 6.45) is 2.91. The number of nitrogens with one attached hydrogen (secondary N) is 1. The van der Waals surface area contributed by atoms with Crippen LogP contribution in [0, 0.1) is 5.92 Å². The van der Waals surface area contributed by atoms with Crippen LogP contribution in [0.4, 0.5) is 0 Å². The molecular weight excluding hydrogens is 290 g/mol. The standard InChI is InChI=1S/C15H20ClN3O2/c1-10(2)8-12-14(20)18-5-3-7-19(12)15(21)11-4-6-17-13(16)9-11/h4,6,9-10,12H,3,5,7-8H2,1-2H3,(H,18,20). The van der Waals surface area contributed by atoms with Crippen molar-refractivity contribution in [3.8, 4) is 0 Å². The molecule has 1 aliphatic heterocycles. The number of amides is 2. The highest BCUT2D eigenvalue weighted by Crippen LogP contribution is 2.18. The van der Waals surface area contributed by atoms with Crippen molar-refractivity contribution in [3.05, 3.63) is 29.0 Å². The highest BCUT2D eigenvalue weighted by molar-refractivity contribution is 6.29. The Morgan fingerprint density at radius 3 is 3.00 bits per heavy atom. The summed E-state index contributed by atoms with van der Waals surface area (Å²) in [5.74, 6) is 0.0897. The fourth-order valence-electron chi connectivity index (χ4n) is 2.50. The molecule has 1 atom stereocenters. The summed E-state index contributed by atoms with van der Waals surface area (Å²) in [6, 6.07) is 2.75. The molecule has 1 fully saturated rings. The predicted octanol–water partition coefficient (Wildman–Crippen LogP) is 2.11. The Morgan fingerprint density at radius 1 is 1.57 bits per heavy atom. The van der Waals surface area contributed by atoms with Gasteiger partial charge in [-0.15, -0.1) is 0 Å². The highest BCUT2D eigenvalue weighted by atomic mass is 35.5. The van der Waals surface area contributed by atoms with Gasteiger partial charge in [-0.1, -0.05) is 25.4 Å². The van der Waals surface area contributed by atoms with Gasteiger partial charge in [-0.3, -0.25) is 9.59 Å². The Kier molecular flexibility index (Phi) is 5.17. The maximum absolute atomic E-state index is 12.7. The van der Waals surface area contributed by atoms with Crippen LogP contribution < -0.4 is 5.32 Å². The van der Waals surface area contributed by atoms with Crippen molar-refractivity contribution in [2.45, 2.75) is 32.7 Å². The molecule has 2 heterocycles. The zero-order valence-electron chi connectivity index (χ0n) is 12.3. The van der Waals surface area contributed by atoms with E-state index in [1.807, 2.05) is 13.8 Å². The summed E-state index contributed by atoms with van der Waals surface area (Å²) in [7, 11) is 0. The lowest BCUT2D eigenvalue weighted by molar-refractivity contribution is -0.125. The van der Waals surface area contributed by atoms with Gasteiger partial charge in [0, 0.05) is 24.8 Å². The third-order valence-electron chi connectivity index (χ3n) is 3.48. The first kappa shape index (κ1) is 15.8. The number of carbonyl (C=O) groups is 2. The number of halogens is 1. The van der Waals surface area contributed by atoms with Crippen LogP contribution in [0.1, 0.15) is 37.0 Å². The number of hydrogen-bond donors (Lipinski definition) is 1. The Morgan fingerprint density at radius 2 is 2.33 bits per heavy atom. The molecule has 1 aromatic heterocycles. The van der Waals surface area contributed by atoms with Gasteiger partial charge < -0.3 is 10.2 Å². The zero-order chi connectivity index (χ0) is 15.4. The molecule has 1 N–H and O–H groups in total. The SMILES string of the molecule is CC(C)CC1C(=O)NCCCN1C(=O)c1ccnc(Cl)c1. The van der Waals surface area contributed by atoms with E-state index in [1.165, 1.54) is 6.20 Å². The zero-order valence-corrected chi connectivity index (χ0v) is 13.1. The molecule has 1 aliphatic rings. The molecule has 1 aromatic rings. The van der Waals surface area contributed by atoms with E-state index >= 15 is 0 Å². The molecule has 6 heteroatoms. The van der Waals surface area contributed by atoms with E-state index < -0.39 is 6.04 Å². The van der Waals surface area contributed by atoms with Crippen LogP contribution in [-0.2, 0) is 4.79 Å². The van der Waals surface area contributed by atoms with Gasteiger partial charge in [-0.05, 0) is 30.9 Å². The molecule has 0 spiro atoms. The van der Waals surface area contributed by atoms with E-state index in [0.717, 1.165) is 6.42 Å². The summed E-state index contributed by atoms with van der Waals surface area (Å²) in [4.78, 5) is 30.5. The van der Waals surface area contributed by atoms with Crippen molar-refractivity contribution < 1.29 is 9.59 Å². The van der Waals surface area contributed by atoms with Crippen molar-refractivity contribution >= 4 is 23.4 Å². The smallest absolute Gasteiger partial charge is 0.254 e. The van der Waals surface area contributed by atoms with Gasteiger partial charge in [-0.25, -0.2) is 4.98 Å². The number of aromatic nitrogens is 1. The van der Waals surface area contributed by atoms with Crippen LogP contribution in [-0.4, -0.2) is 40.8 Å². The number of carbonyl (C=O) groups excluding carboxylic acids is 2. The van der Waals surface area contributed by atoms with Crippen molar-refractivity contribution in [3.63, 3.8) is 0 Å². The quantitative estimate of drug-likeness (QED) is 0.870. The van der Waals surface area contributed by atoms with Crippen LogP contribution in [0.2, 0.25) is 5.15 Å². The summed E-state index contributed by atoms with van der Waals surface area (Å²) < 4.78 is 0. The maximum Gasteiger partial charge on any atom is 0.254 e. The van der Waals surface area contributed by atoms with Gasteiger partial charge in [0.15, 0.2) is 0 Å². The molecule has 0 saturated carbocycles. The van der Waals surface area contributed by atoms with Crippen LogP contribution >= 0.6 is 11.6 Å². The highest BCUT2D eigenvalue weighted by Gasteiger charge is 2.32. The fraction of sp³-hybridized carbons (Fsp3) is 0.533. The molecule has 114 valence electrons. The molecule has 21 heavy (non-hydrogen) atoms. The minimum atomic E-state index is -0.424. The number of rotatable bonds is 3. The topological polar surface area (TPSA) is 62.3 Å². The van der Waals surface area contributed by atoms with Gasteiger partial charge in [0.25, 0.3) is 5.91 Å². The first-order valence-electron chi connectivity index (χ1n) is 7.19. The third-order valence-corrected chi connectivity index (χ3v) is 3.69. The molecule has 1 unspecified atom stereocenters. The Balaban J connectivity index is 2.27. The summed E-state index contributed by atoms with van der Waals surface area (Å²) in [5, 5.41) is 3.15. The van der Waals surface area contributed by atoms with Gasteiger partial charge in [0.2, 0.25) is 5.91 Å². The Hall–Kier alpha value is -1.62. The molecule has 0 bridgehead atoms. The second-order valence-corrected chi connectivity index (χ2v) is 6.04. The average molecular weight is 310 g/mol. The summed E-state index contributed by atoms with van der Waals surface area (Å²) in [6.45, 7) is 5.26. The molecule has 0 radical (unpaired) electrons. The summed E-state index contributed by atoms with van der Waals surface area (Å²) in [5.41, 5.74) is 0.471. The molecular formula is C15H20ClN3O2. The van der Waals surface area contributed by atoms with E-state index in [0.29, 0.717) is 31.0 Å². The van der Waals surface area contributed by atoms with E-state index in [4.69, 9.17) is 11.6 Å². The van der Waals surface area contributed by atoms with Gasteiger partial charge in [0.1, 0.15) is 11.2 Å². The van der Waals surface area contributed by atoms with Gasteiger partial charge in [-0.2, -0.15) is 0 Å². The van der Waals surface area contributed by atoms with Crippen LogP contribution in [0.15, 0.2) is 18.3 Å². The van der Waals surface area contributed by atoms with Crippen LogP contribution in [0.5, 0.6) is 0 Å². The lowest BCUT2D eigenvalue weighted by atomic mass is 10.0. The normalized spacial score (nSPS) is 19.3. The number of hydrogen-bond acceptors (Lipinski definition) is 3. The lowest BCUT2D eigenvalue weighted by Gasteiger charge is -2.29. The molecule has 0 aliphatic carbocycles. The van der Waals surface area contributed by atoms with E-state index in [1.54, 1.807) is 17.0 Å². The van der Waals surface area contributed by atoms with Crippen LogP contribution in [0.25, 0.3) is 0 Å². The molecule has 5 nitrogen and oxygen atoms in total. The van der Waals surface area contributed by atoms with Gasteiger partial charge in [0.05, 0.1) is 0 Å². The fourth-order valence-corrected chi connectivity index (χ4v) is 2.68. The molecule has 1 saturated heterocycles. The van der Waals surface area contributed by atoms with Crippen molar-refractivity contribution in [1.82, 2.24) is 15.2 Å². The van der Waals surface area contributed by atoms with E-state index in [2.05, 4.69) is 10.3 Å². The monoisotopic (exact) mass is 309 g/mol. The predicted molar refractivity (Wildman–Crippen MR) is 81.2 cm³/mol.